The number of amidine groups is 1. The van der Waals surface area contributed by atoms with E-state index in [-0.39, 0.29) is 0 Å². The fourth-order valence-electron chi connectivity index (χ4n) is 2.20. The van der Waals surface area contributed by atoms with E-state index in [4.69, 9.17) is 4.74 Å². The third kappa shape index (κ3) is 2.99. The summed E-state index contributed by atoms with van der Waals surface area (Å²) >= 11 is 0. The first-order valence-electron chi connectivity index (χ1n) is 6.89. The predicted octanol–water partition coefficient (Wildman–Crippen LogP) is 3.00. The first kappa shape index (κ1) is 12.7. The largest absolute Gasteiger partial charge is 0.489 e. The van der Waals surface area contributed by atoms with Gasteiger partial charge in [0, 0.05) is 11.6 Å². The van der Waals surface area contributed by atoms with E-state index < -0.39 is 0 Å². The molecule has 1 N–H and O–H groups in total. The Hall–Kier alpha value is -2.29. The minimum absolute atomic E-state index is 0.416. The second-order valence-corrected chi connectivity index (χ2v) is 5.04. The highest BCUT2D eigenvalue weighted by Gasteiger charge is 2.14. The monoisotopic (exact) mass is 266 g/mol. The van der Waals surface area contributed by atoms with Crippen LogP contribution < -0.4 is 10.1 Å². The van der Waals surface area contributed by atoms with E-state index in [1.165, 1.54) is 5.56 Å². The molecule has 1 heterocycles. The minimum atomic E-state index is 0.416. The van der Waals surface area contributed by atoms with Gasteiger partial charge < -0.3 is 10.1 Å². The standard InChI is InChI=1S/C17H18N2O/c1-13-11-18-17(19-13)15-8-5-9-16(10-15)20-12-14-6-3-2-4-7-14/h2-10,13H,11-12H2,1H3,(H,18,19). The van der Waals surface area contributed by atoms with Crippen molar-refractivity contribution in [3.63, 3.8) is 0 Å². The number of rotatable bonds is 4. The van der Waals surface area contributed by atoms with Gasteiger partial charge in [0.2, 0.25) is 0 Å². The van der Waals surface area contributed by atoms with E-state index >= 15 is 0 Å². The molecule has 0 bridgehead atoms. The molecule has 0 aliphatic carbocycles. The zero-order valence-corrected chi connectivity index (χ0v) is 11.5. The van der Waals surface area contributed by atoms with E-state index in [9.17, 15) is 0 Å². The van der Waals surface area contributed by atoms with Crippen LogP contribution in [0.1, 0.15) is 18.1 Å². The van der Waals surface area contributed by atoms with Gasteiger partial charge in [-0.2, -0.15) is 0 Å². The Bertz CT molecular complexity index is 607. The molecule has 1 atom stereocenters. The second kappa shape index (κ2) is 5.78. The Labute approximate surface area is 119 Å². The number of ether oxygens (including phenoxy) is 1. The van der Waals surface area contributed by atoms with Crippen LogP contribution >= 0.6 is 0 Å². The van der Waals surface area contributed by atoms with Gasteiger partial charge in [0.05, 0.1) is 6.54 Å². The number of nitrogens with zero attached hydrogens (tertiary/aromatic N) is 1. The fourth-order valence-corrected chi connectivity index (χ4v) is 2.20. The quantitative estimate of drug-likeness (QED) is 0.923. The van der Waals surface area contributed by atoms with Crippen LogP contribution in [0.4, 0.5) is 0 Å². The molecule has 0 aromatic heterocycles. The van der Waals surface area contributed by atoms with E-state index in [2.05, 4.69) is 35.4 Å². The molecule has 0 amide bonds. The minimum Gasteiger partial charge on any atom is -0.489 e. The molecule has 0 radical (unpaired) electrons. The normalized spacial score (nSPS) is 17.4. The molecule has 3 heteroatoms. The van der Waals surface area contributed by atoms with Crippen molar-refractivity contribution in [3.8, 4) is 5.75 Å². The number of hydrogen-bond donors (Lipinski definition) is 1. The molecule has 2 aromatic carbocycles. The van der Waals surface area contributed by atoms with E-state index in [0.717, 1.165) is 23.7 Å². The third-order valence-electron chi connectivity index (χ3n) is 3.26. The lowest BCUT2D eigenvalue weighted by Gasteiger charge is -2.09. The Kier molecular flexibility index (Phi) is 3.68. The SMILES string of the molecule is CC1CN=C(c2cccc(OCc3ccccc3)c2)N1. The topological polar surface area (TPSA) is 33.6 Å². The molecule has 0 saturated carbocycles. The molecule has 3 rings (SSSR count). The maximum Gasteiger partial charge on any atom is 0.128 e. The summed E-state index contributed by atoms with van der Waals surface area (Å²) in [4.78, 5) is 4.50. The van der Waals surface area contributed by atoms with Gasteiger partial charge in [-0.05, 0) is 24.6 Å². The summed E-state index contributed by atoms with van der Waals surface area (Å²) in [7, 11) is 0. The Morgan fingerprint density at radius 3 is 2.75 bits per heavy atom. The van der Waals surface area contributed by atoms with Crippen LogP contribution in [0.3, 0.4) is 0 Å². The molecule has 102 valence electrons. The van der Waals surface area contributed by atoms with Gasteiger partial charge in [0.15, 0.2) is 0 Å². The summed E-state index contributed by atoms with van der Waals surface area (Å²) in [6.07, 6.45) is 0. The van der Waals surface area contributed by atoms with Gasteiger partial charge in [-0.25, -0.2) is 0 Å². The van der Waals surface area contributed by atoms with Crippen LogP contribution in [0.2, 0.25) is 0 Å². The van der Waals surface area contributed by atoms with Crippen LogP contribution in [0.5, 0.6) is 5.75 Å². The highest BCUT2D eigenvalue weighted by atomic mass is 16.5. The van der Waals surface area contributed by atoms with Gasteiger partial charge in [0.25, 0.3) is 0 Å². The maximum atomic E-state index is 5.84. The molecule has 20 heavy (non-hydrogen) atoms. The highest BCUT2D eigenvalue weighted by Crippen LogP contribution is 2.16. The van der Waals surface area contributed by atoms with Crippen molar-refractivity contribution in [1.82, 2.24) is 5.32 Å². The Morgan fingerprint density at radius 1 is 1.15 bits per heavy atom. The summed E-state index contributed by atoms with van der Waals surface area (Å²) in [6.45, 7) is 3.55. The van der Waals surface area contributed by atoms with Crippen LogP contribution in [0.25, 0.3) is 0 Å². The fraction of sp³-hybridized carbons (Fsp3) is 0.235. The molecular weight excluding hydrogens is 248 g/mol. The molecule has 1 aliphatic rings. The summed E-state index contributed by atoms with van der Waals surface area (Å²) in [5.74, 6) is 1.83. The molecular formula is C17H18N2O. The summed E-state index contributed by atoms with van der Waals surface area (Å²) in [5.41, 5.74) is 2.25. The van der Waals surface area contributed by atoms with E-state index in [1.54, 1.807) is 0 Å². The molecule has 1 unspecified atom stereocenters. The van der Waals surface area contributed by atoms with Gasteiger partial charge in [-0.15, -0.1) is 0 Å². The smallest absolute Gasteiger partial charge is 0.128 e. The molecule has 0 spiro atoms. The van der Waals surface area contributed by atoms with Crippen LogP contribution in [0.15, 0.2) is 59.6 Å². The lowest BCUT2D eigenvalue weighted by Crippen LogP contribution is -2.27. The van der Waals surface area contributed by atoms with Crippen LogP contribution in [0, 0.1) is 0 Å². The average molecular weight is 266 g/mol. The van der Waals surface area contributed by atoms with Gasteiger partial charge in [0.1, 0.15) is 18.2 Å². The zero-order valence-electron chi connectivity index (χ0n) is 11.5. The van der Waals surface area contributed by atoms with Crippen molar-refractivity contribution in [3.05, 3.63) is 65.7 Å². The molecule has 0 fully saturated rings. The predicted molar refractivity (Wildman–Crippen MR) is 81.2 cm³/mol. The maximum absolute atomic E-state index is 5.84. The summed E-state index contributed by atoms with van der Waals surface area (Å²) in [5, 5.41) is 3.37. The molecule has 2 aromatic rings. The number of hydrogen-bond acceptors (Lipinski definition) is 3. The van der Waals surface area contributed by atoms with Crippen molar-refractivity contribution in [1.29, 1.82) is 0 Å². The van der Waals surface area contributed by atoms with Gasteiger partial charge in [-0.1, -0.05) is 42.5 Å². The first-order valence-corrected chi connectivity index (χ1v) is 6.89. The van der Waals surface area contributed by atoms with Crippen LogP contribution in [-0.4, -0.2) is 18.4 Å². The lowest BCUT2D eigenvalue weighted by molar-refractivity contribution is 0.306. The number of benzene rings is 2. The average Bonchev–Trinajstić information content (AvgIpc) is 2.93. The van der Waals surface area contributed by atoms with Crippen molar-refractivity contribution >= 4 is 5.84 Å². The number of aliphatic imine (C=N–C) groups is 1. The molecule has 0 saturated heterocycles. The van der Waals surface area contributed by atoms with Crippen molar-refractivity contribution < 1.29 is 4.74 Å². The molecule has 1 aliphatic heterocycles. The Balaban J connectivity index is 1.69. The van der Waals surface area contributed by atoms with Crippen molar-refractivity contribution in [2.24, 2.45) is 4.99 Å². The van der Waals surface area contributed by atoms with Gasteiger partial charge >= 0.3 is 0 Å². The zero-order chi connectivity index (χ0) is 13.8. The Morgan fingerprint density at radius 2 is 2.00 bits per heavy atom. The van der Waals surface area contributed by atoms with Gasteiger partial charge in [-0.3, -0.25) is 4.99 Å². The third-order valence-corrected chi connectivity index (χ3v) is 3.26. The summed E-state index contributed by atoms with van der Waals surface area (Å²) in [6, 6.07) is 18.7. The van der Waals surface area contributed by atoms with E-state index in [0.29, 0.717) is 12.6 Å². The second-order valence-electron chi connectivity index (χ2n) is 5.04. The van der Waals surface area contributed by atoms with Crippen molar-refractivity contribution in [2.75, 3.05) is 6.54 Å². The number of nitrogens with one attached hydrogen (secondary N) is 1. The van der Waals surface area contributed by atoms with Crippen molar-refractivity contribution in [2.45, 2.75) is 19.6 Å². The highest BCUT2D eigenvalue weighted by molar-refractivity contribution is 6.00. The summed E-state index contributed by atoms with van der Waals surface area (Å²) < 4.78 is 5.84. The molecule has 3 nitrogen and oxygen atoms in total. The van der Waals surface area contributed by atoms with E-state index in [1.807, 2.05) is 36.4 Å². The lowest BCUT2D eigenvalue weighted by atomic mass is 10.2. The first-order chi connectivity index (χ1) is 9.81. The van der Waals surface area contributed by atoms with Crippen LogP contribution in [-0.2, 0) is 6.61 Å².